The molecule has 0 bridgehead atoms. The lowest BCUT2D eigenvalue weighted by Crippen LogP contribution is -2.05. The molecule has 2 aromatic carbocycles. The van der Waals surface area contributed by atoms with E-state index in [0.717, 1.165) is 23.1 Å². The molecule has 2 N–H and O–H groups in total. The Labute approximate surface area is 101 Å². The van der Waals surface area contributed by atoms with Crippen LogP contribution in [0.25, 0.3) is 0 Å². The predicted molar refractivity (Wildman–Crippen MR) is 69.1 cm³/mol. The summed E-state index contributed by atoms with van der Waals surface area (Å²) in [5.74, 6) is 0.0597. The molecule has 0 unspecified atom stereocenters. The zero-order valence-corrected chi connectivity index (χ0v) is 9.60. The van der Waals surface area contributed by atoms with Crippen molar-refractivity contribution in [1.82, 2.24) is 0 Å². The second-order valence-electron chi connectivity index (χ2n) is 3.93. The fraction of sp³-hybridized carbons (Fsp3) is 0.133. The zero-order chi connectivity index (χ0) is 12.1. The molecule has 0 aliphatic carbocycles. The second kappa shape index (κ2) is 5.41. The fourth-order valence-electron chi connectivity index (χ4n) is 1.79. The number of nitrogens with two attached hydrogens (primary N) is 1. The average molecular weight is 225 g/mol. The molecule has 0 atom stereocenters. The van der Waals surface area contributed by atoms with Crippen LogP contribution in [0.5, 0.6) is 0 Å². The van der Waals surface area contributed by atoms with Crippen LogP contribution in [0.4, 0.5) is 0 Å². The van der Waals surface area contributed by atoms with E-state index in [-0.39, 0.29) is 5.78 Å². The highest BCUT2D eigenvalue weighted by atomic mass is 16.1. The number of benzene rings is 2. The van der Waals surface area contributed by atoms with Gasteiger partial charge in [0.1, 0.15) is 0 Å². The number of carbonyl (C=O) groups is 1. The van der Waals surface area contributed by atoms with Gasteiger partial charge >= 0.3 is 0 Å². The lowest BCUT2D eigenvalue weighted by molar-refractivity contribution is 0.103. The Morgan fingerprint density at radius 3 is 2.35 bits per heavy atom. The third-order valence-electron chi connectivity index (χ3n) is 2.66. The predicted octanol–water partition coefficient (Wildman–Crippen LogP) is 2.42. The van der Waals surface area contributed by atoms with Crippen molar-refractivity contribution in [2.45, 2.75) is 6.42 Å². The molecule has 0 spiro atoms. The Balaban J connectivity index is 2.28. The molecule has 2 nitrogen and oxygen atoms in total. The normalized spacial score (nSPS) is 10.2. The summed E-state index contributed by atoms with van der Waals surface area (Å²) >= 11 is 0. The van der Waals surface area contributed by atoms with Gasteiger partial charge in [0, 0.05) is 11.1 Å². The highest BCUT2D eigenvalue weighted by molar-refractivity contribution is 6.09. The molecule has 0 saturated heterocycles. The zero-order valence-electron chi connectivity index (χ0n) is 9.60. The van der Waals surface area contributed by atoms with Crippen molar-refractivity contribution < 1.29 is 4.79 Å². The van der Waals surface area contributed by atoms with Crippen LogP contribution in [-0.2, 0) is 6.42 Å². The van der Waals surface area contributed by atoms with Crippen LogP contribution < -0.4 is 5.73 Å². The molecule has 0 aromatic heterocycles. The number of ketones is 1. The molecule has 0 heterocycles. The largest absolute Gasteiger partial charge is 0.330 e. The SMILES string of the molecule is NCCc1cccc(C(=O)c2ccccc2)c1. The fourth-order valence-corrected chi connectivity index (χ4v) is 1.79. The quantitative estimate of drug-likeness (QED) is 0.812. The molecule has 2 heteroatoms. The van der Waals surface area contributed by atoms with Crippen molar-refractivity contribution in [3.05, 3.63) is 71.3 Å². The molecule has 0 radical (unpaired) electrons. The van der Waals surface area contributed by atoms with E-state index in [1.165, 1.54) is 0 Å². The van der Waals surface area contributed by atoms with Crippen molar-refractivity contribution in [1.29, 1.82) is 0 Å². The highest BCUT2D eigenvalue weighted by Crippen LogP contribution is 2.11. The van der Waals surface area contributed by atoms with E-state index in [4.69, 9.17) is 5.73 Å². The molecular weight excluding hydrogens is 210 g/mol. The van der Waals surface area contributed by atoms with Crippen LogP contribution in [0.3, 0.4) is 0 Å². The highest BCUT2D eigenvalue weighted by Gasteiger charge is 2.08. The lowest BCUT2D eigenvalue weighted by atomic mass is 10.0. The Kier molecular flexibility index (Phi) is 3.68. The van der Waals surface area contributed by atoms with Gasteiger partial charge in [0.15, 0.2) is 5.78 Å². The third-order valence-corrected chi connectivity index (χ3v) is 2.66. The van der Waals surface area contributed by atoms with Gasteiger partial charge in [-0.05, 0) is 24.6 Å². The van der Waals surface area contributed by atoms with Gasteiger partial charge < -0.3 is 5.73 Å². The first-order valence-electron chi connectivity index (χ1n) is 5.70. The number of hydrogen-bond donors (Lipinski definition) is 1. The third kappa shape index (κ3) is 2.80. The van der Waals surface area contributed by atoms with E-state index in [0.29, 0.717) is 6.54 Å². The van der Waals surface area contributed by atoms with Crippen molar-refractivity contribution in [2.75, 3.05) is 6.54 Å². The minimum absolute atomic E-state index is 0.0597. The van der Waals surface area contributed by atoms with Crippen LogP contribution in [0, 0.1) is 0 Å². The monoisotopic (exact) mass is 225 g/mol. The lowest BCUT2D eigenvalue weighted by Gasteiger charge is -2.04. The average Bonchev–Trinajstić information content (AvgIpc) is 2.40. The Morgan fingerprint density at radius 2 is 1.65 bits per heavy atom. The van der Waals surface area contributed by atoms with Gasteiger partial charge in [0.05, 0.1) is 0 Å². The molecular formula is C15H15NO. The molecule has 0 amide bonds. The summed E-state index contributed by atoms with van der Waals surface area (Å²) in [6, 6.07) is 17.0. The van der Waals surface area contributed by atoms with E-state index < -0.39 is 0 Å². The molecule has 0 aliphatic rings. The van der Waals surface area contributed by atoms with Gasteiger partial charge in [0.2, 0.25) is 0 Å². The summed E-state index contributed by atoms with van der Waals surface area (Å²) < 4.78 is 0. The smallest absolute Gasteiger partial charge is 0.193 e. The molecule has 86 valence electrons. The van der Waals surface area contributed by atoms with Gasteiger partial charge in [-0.25, -0.2) is 0 Å². The summed E-state index contributed by atoms with van der Waals surface area (Å²) in [4.78, 5) is 12.2. The Morgan fingerprint density at radius 1 is 0.941 bits per heavy atom. The first-order chi connectivity index (χ1) is 8.31. The summed E-state index contributed by atoms with van der Waals surface area (Å²) in [6.07, 6.45) is 0.801. The van der Waals surface area contributed by atoms with E-state index in [1.54, 1.807) is 0 Å². The maximum absolute atomic E-state index is 12.2. The van der Waals surface area contributed by atoms with Crippen molar-refractivity contribution >= 4 is 5.78 Å². The number of carbonyl (C=O) groups excluding carboxylic acids is 1. The van der Waals surface area contributed by atoms with Crippen LogP contribution >= 0.6 is 0 Å². The number of rotatable bonds is 4. The van der Waals surface area contributed by atoms with E-state index in [2.05, 4.69) is 0 Å². The molecule has 2 aromatic rings. The first kappa shape index (κ1) is 11.6. The van der Waals surface area contributed by atoms with Crippen LogP contribution in [0.15, 0.2) is 54.6 Å². The van der Waals surface area contributed by atoms with Gasteiger partial charge in [0.25, 0.3) is 0 Å². The maximum atomic E-state index is 12.2. The van der Waals surface area contributed by atoms with Gasteiger partial charge in [-0.15, -0.1) is 0 Å². The van der Waals surface area contributed by atoms with Gasteiger partial charge in [-0.2, -0.15) is 0 Å². The van der Waals surface area contributed by atoms with E-state index >= 15 is 0 Å². The minimum atomic E-state index is 0.0597. The Hall–Kier alpha value is -1.93. The van der Waals surface area contributed by atoms with Crippen LogP contribution in [0.1, 0.15) is 21.5 Å². The molecule has 17 heavy (non-hydrogen) atoms. The molecule has 0 fully saturated rings. The summed E-state index contributed by atoms with van der Waals surface area (Å²) in [5, 5.41) is 0. The summed E-state index contributed by atoms with van der Waals surface area (Å²) in [7, 11) is 0. The maximum Gasteiger partial charge on any atom is 0.193 e. The second-order valence-corrected chi connectivity index (χ2v) is 3.93. The van der Waals surface area contributed by atoms with Crippen molar-refractivity contribution in [3.8, 4) is 0 Å². The Bertz CT molecular complexity index is 505. The summed E-state index contributed by atoms with van der Waals surface area (Å²) in [6.45, 7) is 0.600. The first-order valence-corrected chi connectivity index (χ1v) is 5.70. The van der Waals surface area contributed by atoms with Crippen LogP contribution in [-0.4, -0.2) is 12.3 Å². The summed E-state index contributed by atoms with van der Waals surface area (Å²) in [5.41, 5.74) is 8.06. The van der Waals surface area contributed by atoms with Crippen LogP contribution in [0.2, 0.25) is 0 Å². The minimum Gasteiger partial charge on any atom is -0.330 e. The van der Waals surface area contributed by atoms with E-state index in [1.807, 2.05) is 54.6 Å². The van der Waals surface area contributed by atoms with E-state index in [9.17, 15) is 4.79 Å². The molecule has 0 saturated carbocycles. The number of hydrogen-bond acceptors (Lipinski definition) is 2. The van der Waals surface area contributed by atoms with Crippen molar-refractivity contribution in [3.63, 3.8) is 0 Å². The van der Waals surface area contributed by atoms with Gasteiger partial charge in [-0.1, -0.05) is 48.5 Å². The standard InChI is InChI=1S/C15H15NO/c16-10-9-12-5-4-8-14(11-12)15(17)13-6-2-1-3-7-13/h1-8,11H,9-10,16H2. The molecule has 2 rings (SSSR count). The topological polar surface area (TPSA) is 43.1 Å². The van der Waals surface area contributed by atoms with Crippen molar-refractivity contribution in [2.24, 2.45) is 5.73 Å². The van der Waals surface area contributed by atoms with Gasteiger partial charge in [-0.3, -0.25) is 4.79 Å². The molecule has 0 aliphatic heterocycles.